The summed E-state index contributed by atoms with van der Waals surface area (Å²) in [5.74, 6) is -0.818. The average Bonchev–Trinajstić information content (AvgIpc) is 2.72. The van der Waals surface area contributed by atoms with E-state index >= 15 is 0 Å². The molecule has 2 aromatic rings. The van der Waals surface area contributed by atoms with E-state index in [1.165, 1.54) is 20.1 Å². The number of nitrogens with one attached hydrogen (secondary N) is 1. The van der Waals surface area contributed by atoms with Gasteiger partial charge in [0.2, 0.25) is 5.91 Å². The quantitative estimate of drug-likeness (QED) is 0.330. The molecule has 0 saturated heterocycles. The first-order valence-electron chi connectivity index (χ1n) is 9.11. The Kier molecular flexibility index (Phi) is 8.20. The Labute approximate surface area is 169 Å². The van der Waals surface area contributed by atoms with Crippen molar-refractivity contribution in [1.82, 2.24) is 5.32 Å². The number of amides is 1. The molecule has 0 fully saturated rings. The fraction of sp³-hybridized carbons (Fsp3) is 0.300. The average molecular weight is 400 g/mol. The van der Waals surface area contributed by atoms with Crippen molar-refractivity contribution >= 4 is 24.5 Å². The van der Waals surface area contributed by atoms with E-state index in [9.17, 15) is 19.6 Å². The molecular formula is C20H25BN2O6. The molecule has 0 bridgehead atoms. The Bertz CT molecular complexity index is 829. The lowest BCUT2D eigenvalue weighted by Gasteiger charge is -2.19. The third kappa shape index (κ3) is 6.60. The standard InChI is InChI=1S/C20H25BN2O6/c1-13(22)19(24)23-17(20(25)28-2)11-15-8-9-18(16(10-15)21(26)27)29-12-14-6-4-3-5-7-14/h3-10,13,17,26-27H,11-12,22H2,1-2H3,(H,23,24). The minimum absolute atomic E-state index is 0.0871. The SMILES string of the molecule is COC(=O)C(Cc1ccc(OCc2ccccc2)c(B(O)O)c1)NC(=O)C(C)N. The van der Waals surface area contributed by atoms with Crippen molar-refractivity contribution < 1.29 is 29.1 Å². The van der Waals surface area contributed by atoms with Gasteiger partial charge in [-0.15, -0.1) is 0 Å². The van der Waals surface area contributed by atoms with Crippen LogP contribution in [-0.2, 0) is 27.4 Å². The van der Waals surface area contributed by atoms with Crippen LogP contribution in [0.1, 0.15) is 18.1 Å². The second-order valence-corrected chi connectivity index (χ2v) is 6.60. The molecule has 0 aliphatic rings. The first-order valence-corrected chi connectivity index (χ1v) is 9.11. The van der Waals surface area contributed by atoms with E-state index in [0.29, 0.717) is 11.3 Å². The molecule has 2 aromatic carbocycles. The predicted molar refractivity (Wildman–Crippen MR) is 108 cm³/mol. The van der Waals surface area contributed by atoms with Crippen molar-refractivity contribution in [3.05, 3.63) is 59.7 Å². The van der Waals surface area contributed by atoms with Crippen molar-refractivity contribution in [3.8, 4) is 5.75 Å². The number of hydrogen-bond donors (Lipinski definition) is 4. The van der Waals surface area contributed by atoms with Gasteiger partial charge in [0.15, 0.2) is 0 Å². The monoisotopic (exact) mass is 400 g/mol. The van der Waals surface area contributed by atoms with Gasteiger partial charge in [-0.2, -0.15) is 0 Å². The smallest absolute Gasteiger partial charge is 0.489 e. The van der Waals surface area contributed by atoms with E-state index in [0.717, 1.165) is 5.56 Å². The molecular weight excluding hydrogens is 375 g/mol. The van der Waals surface area contributed by atoms with Gasteiger partial charge in [-0.3, -0.25) is 4.79 Å². The molecule has 9 heteroatoms. The van der Waals surface area contributed by atoms with Gasteiger partial charge in [-0.1, -0.05) is 42.5 Å². The van der Waals surface area contributed by atoms with Crippen LogP contribution in [0.5, 0.6) is 5.75 Å². The summed E-state index contributed by atoms with van der Waals surface area (Å²) in [5.41, 5.74) is 7.20. The molecule has 0 aliphatic heterocycles. The second kappa shape index (κ2) is 10.6. The molecule has 154 valence electrons. The van der Waals surface area contributed by atoms with Crippen molar-refractivity contribution in [2.75, 3.05) is 7.11 Å². The summed E-state index contributed by atoms with van der Waals surface area (Å²) in [6.07, 6.45) is 0.0871. The summed E-state index contributed by atoms with van der Waals surface area (Å²) in [7, 11) is -0.549. The normalized spacial score (nSPS) is 12.6. The van der Waals surface area contributed by atoms with Gasteiger partial charge < -0.3 is 30.6 Å². The van der Waals surface area contributed by atoms with E-state index < -0.39 is 31.1 Å². The lowest BCUT2D eigenvalue weighted by atomic mass is 9.78. The maximum absolute atomic E-state index is 12.0. The zero-order valence-electron chi connectivity index (χ0n) is 16.4. The number of carbonyl (C=O) groups excluding carboxylic acids is 2. The van der Waals surface area contributed by atoms with Crippen molar-refractivity contribution in [2.45, 2.75) is 32.0 Å². The molecule has 0 radical (unpaired) electrons. The zero-order chi connectivity index (χ0) is 21.4. The summed E-state index contributed by atoms with van der Waals surface area (Å²) < 4.78 is 10.4. The highest BCUT2D eigenvalue weighted by molar-refractivity contribution is 6.59. The molecule has 0 heterocycles. The van der Waals surface area contributed by atoms with Crippen LogP contribution in [-0.4, -0.2) is 48.2 Å². The number of hydrogen-bond acceptors (Lipinski definition) is 7. The van der Waals surface area contributed by atoms with Crippen LogP contribution in [0.3, 0.4) is 0 Å². The van der Waals surface area contributed by atoms with E-state index in [2.05, 4.69) is 5.32 Å². The number of ether oxygens (including phenoxy) is 2. The van der Waals surface area contributed by atoms with E-state index in [1.807, 2.05) is 30.3 Å². The largest absolute Gasteiger partial charge is 0.492 e. The molecule has 0 aromatic heterocycles. The number of carbonyl (C=O) groups is 2. The molecule has 0 spiro atoms. The number of nitrogens with two attached hydrogens (primary N) is 1. The van der Waals surface area contributed by atoms with Crippen LogP contribution in [0.4, 0.5) is 0 Å². The molecule has 1 amide bonds. The molecule has 29 heavy (non-hydrogen) atoms. The Morgan fingerprint density at radius 1 is 1.14 bits per heavy atom. The first-order chi connectivity index (χ1) is 13.8. The first kappa shape index (κ1) is 22.4. The van der Waals surface area contributed by atoms with Crippen LogP contribution in [0, 0.1) is 0 Å². The fourth-order valence-corrected chi connectivity index (χ4v) is 2.67. The van der Waals surface area contributed by atoms with Gasteiger partial charge in [-0.05, 0) is 24.1 Å². The summed E-state index contributed by atoms with van der Waals surface area (Å²) in [6, 6.07) is 12.5. The summed E-state index contributed by atoms with van der Waals surface area (Å²) in [4.78, 5) is 23.9. The molecule has 0 aliphatic carbocycles. The lowest BCUT2D eigenvalue weighted by Crippen LogP contribution is -2.48. The van der Waals surface area contributed by atoms with Crippen LogP contribution in [0.15, 0.2) is 48.5 Å². The summed E-state index contributed by atoms with van der Waals surface area (Å²) >= 11 is 0. The Hall–Kier alpha value is -2.88. The number of methoxy groups -OCH3 is 1. The topological polar surface area (TPSA) is 131 Å². The molecule has 8 nitrogen and oxygen atoms in total. The Morgan fingerprint density at radius 2 is 1.83 bits per heavy atom. The van der Waals surface area contributed by atoms with Crippen molar-refractivity contribution in [2.24, 2.45) is 5.73 Å². The van der Waals surface area contributed by atoms with Gasteiger partial charge >= 0.3 is 13.1 Å². The number of esters is 1. The highest BCUT2D eigenvalue weighted by Gasteiger charge is 2.25. The van der Waals surface area contributed by atoms with Crippen LogP contribution >= 0.6 is 0 Å². The molecule has 2 atom stereocenters. The highest BCUT2D eigenvalue weighted by Crippen LogP contribution is 2.15. The summed E-state index contributed by atoms with van der Waals surface area (Å²) in [6.45, 7) is 1.76. The van der Waals surface area contributed by atoms with Gasteiger partial charge in [0.05, 0.1) is 13.2 Å². The predicted octanol–water partition coefficient (Wildman–Crippen LogP) is -0.507. The van der Waals surface area contributed by atoms with Gasteiger partial charge in [0.25, 0.3) is 0 Å². The fourth-order valence-electron chi connectivity index (χ4n) is 2.67. The Balaban J connectivity index is 2.18. The van der Waals surface area contributed by atoms with Crippen LogP contribution < -0.4 is 21.3 Å². The second-order valence-electron chi connectivity index (χ2n) is 6.60. The highest BCUT2D eigenvalue weighted by atomic mass is 16.5. The minimum Gasteiger partial charge on any atom is -0.489 e. The van der Waals surface area contributed by atoms with E-state index in [-0.39, 0.29) is 18.5 Å². The molecule has 2 unspecified atom stereocenters. The number of rotatable bonds is 9. The Morgan fingerprint density at radius 3 is 2.41 bits per heavy atom. The van der Waals surface area contributed by atoms with E-state index in [1.54, 1.807) is 12.1 Å². The van der Waals surface area contributed by atoms with Crippen LogP contribution in [0.25, 0.3) is 0 Å². The third-order valence-electron chi connectivity index (χ3n) is 4.25. The summed E-state index contributed by atoms with van der Waals surface area (Å²) in [5, 5.41) is 22.0. The van der Waals surface area contributed by atoms with E-state index in [4.69, 9.17) is 15.2 Å². The van der Waals surface area contributed by atoms with Gasteiger partial charge in [0.1, 0.15) is 18.4 Å². The minimum atomic E-state index is -1.77. The van der Waals surface area contributed by atoms with Gasteiger partial charge in [-0.25, -0.2) is 4.79 Å². The maximum Gasteiger partial charge on any atom is 0.492 e. The molecule has 2 rings (SSSR count). The maximum atomic E-state index is 12.0. The van der Waals surface area contributed by atoms with Crippen molar-refractivity contribution in [1.29, 1.82) is 0 Å². The van der Waals surface area contributed by atoms with Crippen LogP contribution in [0.2, 0.25) is 0 Å². The number of benzene rings is 2. The van der Waals surface area contributed by atoms with Crippen molar-refractivity contribution in [3.63, 3.8) is 0 Å². The lowest BCUT2D eigenvalue weighted by molar-refractivity contribution is -0.145. The zero-order valence-corrected chi connectivity index (χ0v) is 16.4. The third-order valence-corrected chi connectivity index (χ3v) is 4.25. The molecule has 5 N–H and O–H groups in total. The molecule has 0 saturated carbocycles. The van der Waals surface area contributed by atoms with Gasteiger partial charge in [0, 0.05) is 11.9 Å².